The molecule has 0 fully saturated rings. The Labute approximate surface area is 138 Å². The Kier molecular flexibility index (Phi) is 5.58. The highest BCUT2D eigenvalue weighted by Crippen LogP contribution is 2.34. The van der Waals surface area contributed by atoms with E-state index in [9.17, 15) is 10.1 Å². The van der Waals surface area contributed by atoms with E-state index in [0.29, 0.717) is 10.2 Å². The van der Waals surface area contributed by atoms with Gasteiger partial charge in [0.2, 0.25) is 5.75 Å². The predicted molar refractivity (Wildman–Crippen MR) is 85.9 cm³/mol. The van der Waals surface area contributed by atoms with E-state index in [0.717, 1.165) is 4.47 Å². The lowest BCUT2D eigenvalue weighted by Crippen LogP contribution is -2.10. The third-order valence-corrected chi connectivity index (χ3v) is 3.66. The van der Waals surface area contributed by atoms with Crippen molar-refractivity contribution in [2.75, 3.05) is 13.2 Å². The molecule has 0 heterocycles. The van der Waals surface area contributed by atoms with Gasteiger partial charge in [-0.3, -0.25) is 10.1 Å². The van der Waals surface area contributed by atoms with Crippen LogP contribution in [0.3, 0.4) is 0 Å². The van der Waals surface area contributed by atoms with Gasteiger partial charge < -0.3 is 9.47 Å². The van der Waals surface area contributed by atoms with Crippen LogP contribution in [0.4, 0.5) is 5.69 Å². The molecule has 0 atom stereocenters. The third-order valence-electron chi connectivity index (χ3n) is 2.54. The number of halogens is 2. The highest BCUT2D eigenvalue weighted by Gasteiger charge is 2.17. The minimum atomic E-state index is -0.477. The summed E-state index contributed by atoms with van der Waals surface area (Å²) in [6.45, 7) is 0.491. The highest BCUT2D eigenvalue weighted by atomic mass is 79.9. The SMILES string of the molecule is O=[N+]([O-])c1cccc(Br)c1OCCOc1cccc(Br)c1. The molecule has 110 valence electrons. The van der Waals surface area contributed by atoms with E-state index in [-0.39, 0.29) is 24.7 Å². The molecule has 0 saturated carbocycles. The molecule has 0 amide bonds. The molecular formula is C14H11Br2NO4. The van der Waals surface area contributed by atoms with Gasteiger partial charge in [-0.2, -0.15) is 0 Å². The van der Waals surface area contributed by atoms with E-state index in [1.807, 2.05) is 24.3 Å². The van der Waals surface area contributed by atoms with Crippen molar-refractivity contribution in [3.8, 4) is 11.5 Å². The first kappa shape index (κ1) is 15.8. The molecule has 0 N–H and O–H groups in total. The average Bonchev–Trinajstić information content (AvgIpc) is 2.44. The summed E-state index contributed by atoms with van der Waals surface area (Å²) in [5.74, 6) is 0.912. The van der Waals surface area contributed by atoms with Gasteiger partial charge in [-0.05, 0) is 40.2 Å². The average molecular weight is 417 g/mol. The van der Waals surface area contributed by atoms with Crippen LogP contribution in [0.5, 0.6) is 11.5 Å². The van der Waals surface area contributed by atoms with Crippen molar-refractivity contribution in [3.63, 3.8) is 0 Å². The van der Waals surface area contributed by atoms with Crippen LogP contribution >= 0.6 is 31.9 Å². The topological polar surface area (TPSA) is 61.6 Å². The maximum absolute atomic E-state index is 10.9. The van der Waals surface area contributed by atoms with E-state index in [4.69, 9.17) is 9.47 Å². The molecule has 0 bridgehead atoms. The molecule has 5 nitrogen and oxygen atoms in total. The van der Waals surface area contributed by atoms with Crippen LogP contribution in [0.2, 0.25) is 0 Å². The van der Waals surface area contributed by atoms with Crippen LogP contribution in [0.25, 0.3) is 0 Å². The second kappa shape index (κ2) is 7.42. The summed E-state index contributed by atoms with van der Waals surface area (Å²) in [7, 11) is 0. The molecule has 0 aromatic heterocycles. The number of nitro groups is 1. The van der Waals surface area contributed by atoms with Crippen LogP contribution in [0, 0.1) is 10.1 Å². The molecule has 2 aromatic rings. The van der Waals surface area contributed by atoms with Crippen molar-refractivity contribution in [1.29, 1.82) is 0 Å². The molecule has 0 aliphatic carbocycles. The fourth-order valence-corrected chi connectivity index (χ4v) is 2.49. The molecule has 2 aromatic carbocycles. The summed E-state index contributed by atoms with van der Waals surface area (Å²) in [5, 5.41) is 10.9. The van der Waals surface area contributed by atoms with Gasteiger partial charge in [-0.1, -0.05) is 28.1 Å². The summed E-state index contributed by atoms with van der Waals surface area (Å²) in [5.41, 5.74) is -0.0770. The molecule has 2 rings (SSSR count). The first-order valence-electron chi connectivity index (χ1n) is 6.02. The van der Waals surface area contributed by atoms with Crippen molar-refractivity contribution in [2.45, 2.75) is 0 Å². The number of para-hydroxylation sites is 1. The third kappa shape index (κ3) is 4.44. The number of benzene rings is 2. The lowest BCUT2D eigenvalue weighted by Gasteiger charge is -2.10. The monoisotopic (exact) mass is 415 g/mol. The molecule has 21 heavy (non-hydrogen) atoms. The Balaban J connectivity index is 1.93. The normalized spacial score (nSPS) is 10.2. The Morgan fingerprint density at radius 2 is 1.76 bits per heavy atom. The number of ether oxygens (including phenoxy) is 2. The van der Waals surface area contributed by atoms with Gasteiger partial charge in [-0.25, -0.2) is 0 Å². The smallest absolute Gasteiger partial charge is 0.312 e. The quantitative estimate of drug-likeness (QED) is 0.393. The van der Waals surface area contributed by atoms with Crippen molar-refractivity contribution in [2.24, 2.45) is 0 Å². The van der Waals surface area contributed by atoms with E-state index >= 15 is 0 Å². The lowest BCUT2D eigenvalue weighted by molar-refractivity contribution is -0.386. The number of hydrogen-bond donors (Lipinski definition) is 0. The first-order valence-corrected chi connectivity index (χ1v) is 7.60. The Bertz CT molecular complexity index is 649. The number of hydrogen-bond acceptors (Lipinski definition) is 4. The molecule has 0 saturated heterocycles. The zero-order valence-corrected chi connectivity index (χ0v) is 14.0. The van der Waals surface area contributed by atoms with E-state index < -0.39 is 4.92 Å². The van der Waals surface area contributed by atoms with Crippen molar-refractivity contribution in [3.05, 3.63) is 61.5 Å². The van der Waals surface area contributed by atoms with Crippen LogP contribution in [-0.4, -0.2) is 18.1 Å². The Hall–Kier alpha value is -1.60. The van der Waals surface area contributed by atoms with E-state index in [1.165, 1.54) is 6.07 Å². The first-order chi connectivity index (χ1) is 10.1. The second-order valence-electron chi connectivity index (χ2n) is 4.00. The fourth-order valence-electron chi connectivity index (χ4n) is 1.64. The van der Waals surface area contributed by atoms with Gasteiger partial charge >= 0.3 is 5.69 Å². The number of rotatable bonds is 6. The van der Waals surface area contributed by atoms with Crippen molar-refractivity contribution >= 4 is 37.5 Å². The summed E-state index contributed by atoms with van der Waals surface area (Å²) in [6, 6.07) is 12.1. The molecular weight excluding hydrogens is 406 g/mol. The molecule has 0 spiro atoms. The van der Waals surface area contributed by atoms with E-state index in [2.05, 4.69) is 31.9 Å². The van der Waals surface area contributed by atoms with Crippen molar-refractivity contribution < 1.29 is 14.4 Å². The zero-order chi connectivity index (χ0) is 15.2. The summed E-state index contributed by atoms with van der Waals surface area (Å²) < 4.78 is 12.4. The van der Waals surface area contributed by atoms with Crippen LogP contribution in [0.1, 0.15) is 0 Å². The van der Waals surface area contributed by atoms with Crippen LogP contribution < -0.4 is 9.47 Å². The summed E-state index contributed by atoms with van der Waals surface area (Å²) in [6.07, 6.45) is 0. The van der Waals surface area contributed by atoms with Gasteiger partial charge in [0.05, 0.1) is 9.40 Å². The summed E-state index contributed by atoms with van der Waals surface area (Å²) >= 11 is 6.60. The lowest BCUT2D eigenvalue weighted by atomic mass is 10.3. The number of nitrogens with zero attached hydrogens (tertiary/aromatic N) is 1. The molecule has 0 radical (unpaired) electrons. The number of nitro benzene ring substituents is 1. The largest absolute Gasteiger partial charge is 0.490 e. The van der Waals surface area contributed by atoms with Crippen LogP contribution in [0.15, 0.2) is 51.4 Å². The zero-order valence-electron chi connectivity index (χ0n) is 10.8. The van der Waals surface area contributed by atoms with Gasteiger partial charge in [0.25, 0.3) is 0 Å². The molecule has 0 aliphatic heterocycles. The maximum atomic E-state index is 10.9. The molecule has 0 unspecified atom stereocenters. The second-order valence-corrected chi connectivity index (χ2v) is 5.77. The van der Waals surface area contributed by atoms with Gasteiger partial charge in [0.15, 0.2) is 0 Å². The van der Waals surface area contributed by atoms with Gasteiger partial charge in [0.1, 0.15) is 19.0 Å². The Morgan fingerprint density at radius 3 is 2.48 bits per heavy atom. The Morgan fingerprint density at radius 1 is 1.05 bits per heavy atom. The minimum Gasteiger partial charge on any atom is -0.490 e. The predicted octanol–water partition coefficient (Wildman–Crippen LogP) is 4.58. The van der Waals surface area contributed by atoms with Gasteiger partial charge in [0, 0.05) is 10.5 Å². The minimum absolute atomic E-state index is 0.0770. The maximum Gasteiger partial charge on any atom is 0.312 e. The fraction of sp³-hybridized carbons (Fsp3) is 0.143. The standard InChI is InChI=1S/C14H11Br2NO4/c15-10-3-1-4-11(9-10)20-7-8-21-14-12(16)5-2-6-13(14)17(18)19/h1-6,9H,7-8H2. The van der Waals surface area contributed by atoms with Crippen LogP contribution in [-0.2, 0) is 0 Å². The highest BCUT2D eigenvalue weighted by molar-refractivity contribution is 9.10. The molecule has 0 aliphatic rings. The van der Waals surface area contributed by atoms with E-state index in [1.54, 1.807) is 12.1 Å². The van der Waals surface area contributed by atoms with Crippen molar-refractivity contribution in [1.82, 2.24) is 0 Å². The summed E-state index contributed by atoms with van der Waals surface area (Å²) in [4.78, 5) is 10.5. The molecule has 7 heteroatoms. The van der Waals surface area contributed by atoms with Gasteiger partial charge in [-0.15, -0.1) is 0 Å².